The third-order valence-electron chi connectivity index (χ3n) is 2.56. The number of carbonyl (C=O) groups is 1. The highest BCUT2D eigenvalue weighted by molar-refractivity contribution is 5.75. The number of hydrogen-bond donors (Lipinski definition) is 2. The number of carbonyl (C=O) groups excluding carboxylic acids is 1. The van der Waals surface area contributed by atoms with Crippen molar-refractivity contribution in [2.24, 2.45) is 5.92 Å². The molecular weight excluding hydrogens is 206 g/mol. The Balaban J connectivity index is 3.66. The number of aliphatic hydroxyl groups excluding tert-OH is 1. The second-order valence-corrected chi connectivity index (χ2v) is 4.10. The molecule has 0 aromatic heterocycles. The number of rotatable bonds is 9. The summed E-state index contributed by atoms with van der Waals surface area (Å²) in [5.41, 5.74) is 0. The van der Waals surface area contributed by atoms with Gasteiger partial charge in [0, 0.05) is 6.61 Å². The first-order chi connectivity index (χ1) is 7.65. The minimum absolute atomic E-state index is 0.166. The smallest absolute Gasteiger partial charge is 0.323 e. The molecule has 0 aromatic carbocycles. The van der Waals surface area contributed by atoms with Crippen molar-refractivity contribution in [3.05, 3.63) is 0 Å². The largest absolute Gasteiger partial charge is 0.465 e. The molecule has 2 N–H and O–H groups in total. The third-order valence-corrected chi connectivity index (χ3v) is 2.56. The predicted molar refractivity (Wildman–Crippen MR) is 64.2 cm³/mol. The molecule has 0 aliphatic rings. The molecule has 0 rings (SSSR count). The molecule has 0 saturated heterocycles. The molecule has 96 valence electrons. The van der Waals surface area contributed by atoms with Crippen molar-refractivity contribution in [3.63, 3.8) is 0 Å². The topological polar surface area (TPSA) is 58.6 Å². The summed E-state index contributed by atoms with van der Waals surface area (Å²) in [5, 5.41) is 12.0. The van der Waals surface area contributed by atoms with E-state index in [1.54, 1.807) is 0 Å². The molecule has 0 aliphatic heterocycles. The number of esters is 1. The van der Waals surface area contributed by atoms with Gasteiger partial charge in [0.1, 0.15) is 6.04 Å². The van der Waals surface area contributed by atoms with Gasteiger partial charge in [0.15, 0.2) is 0 Å². The molecule has 0 aliphatic carbocycles. The maximum atomic E-state index is 11.4. The van der Waals surface area contributed by atoms with Crippen LogP contribution in [0.15, 0.2) is 0 Å². The highest BCUT2D eigenvalue weighted by Gasteiger charge is 2.16. The minimum Gasteiger partial charge on any atom is -0.465 e. The lowest BCUT2D eigenvalue weighted by atomic mass is 10.1. The summed E-state index contributed by atoms with van der Waals surface area (Å²) in [4.78, 5) is 11.4. The number of ether oxygens (including phenoxy) is 1. The van der Waals surface area contributed by atoms with Crippen molar-refractivity contribution >= 4 is 5.97 Å². The summed E-state index contributed by atoms with van der Waals surface area (Å²) in [5.74, 6) is 0.171. The first-order valence-corrected chi connectivity index (χ1v) is 6.16. The predicted octanol–water partition coefficient (Wildman–Crippen LogP) is 1.33. The van der Waals surface area contributed by atoms with E-state index in [1.165, 1.54) is 0 Å². The molecule has 0 amide bonds. The van der Waals surface area contributed by atoms with Gasteiger partial charge in [-0.1, -0.05) is 13.8 Å². The van der Waals surface area contributed by atoms with Crippen molar-refractivity contribution in [2.45, 2.75) is 46.1 Å². The maximum absolute atomic E-state index is 11.4. The van der Waals surface area contributed by atoms with Crippen LogP contribution in [-0.4, -0.2) is 36.9 Å². The van der Waals surface area contributed by atoms with Gasteiger partial charge in [-0.15, -0.1) is 0 Å². The van der Waals surface area contributed by atoms with Crippen molar-refractivity contribution in [2.75, 3.05) is 19.8 Å². The van der Waals surface area contributed by atoms with Gasteiger partial charge in [-0.25, -0.2) is 0 Å². The standard InChI is InChI=1S/C12H25NO3/c1-4-11(12(15)16-5-2)13-8-6-7-10(3)9-14/h10-11,13-14H,4-9H2,1-3H3. The molecule has 0 heterocycles. The highest BCUT2D eigenvalue weighted by Crippen LogP contribution is 2.03. The Morgan fingerprint density at radius 1 is 1.44 bits per heavy atom. The van der Waals surface area contributed by atoms with E-state index >= 15 is 0 Å². The van der Waals surface area contributed by atoms with E-state index in [-0.39, 0.29) is 18.6 Å². The van der Waals surface area contributed by atoms with Gasteiger partial charge in [-0.05, 0) is 38.6 Å². The normalized spacial score (nSPS) is 14.5. The van der Waals surface area contributed by atoms with Crippen LogP contribution in [-0.2, 0) is 9.53 Å². The van der Waals surface area contributed by atoms with Gasteiger partial charge in [-0.3, -0.25) is 4.79 Å². The van der Waals surface area contributed by atoms with Crippen LogP contribution in [0.25, 0.3) is 0 Å². The van der Waals surface area contributed by atoms with E-state index in [2.05, 4.69) is 5.32 Å². The lowest BCUT2D eigenvalue weighted by molar-refractivity contribution is -0.145. The van der Waals surface area contributed by atoms with Gasteiger partial charge in [-0.2, -0.15) is 0 Å². The Morgan fingerprint density at radius 3 is 2.62 bits per heavy atom. The Kier molecular flexibility index (Phi) is 9.24. The summed E-state index contributed by atoms with van der Waals surface area (Å²) >= 11 is 0. The Labute approximate surface area is 98.4 Å². The fourth-order valence-corrected chi connectivity index (χ4v) is 1.46. The number of hydrogen-bond acceptors (Lipinski definition) is 4. The number of nitrogens with one attached hydrogen (secondary N) is 1. The van der Waals surface area contributed by atoms with Gasteiger partial charge in [0.2, 0.25) is 0 Å². The number of aliphatic hydroxyl groups is 1. The zero-order valence-electron chi connectivity index (χ0n) is 10.7. The molecular formula is C12H25NO3. The zero-order chi connectivity index (χ0) is 12.4. The summed E-state index contributed by atoms with van der Waals surface area (Å²) in [6, 6.07) is -0.190. The van der Waals surface area contributed by atoms with Crippen molar-refractivity contribution < 1.29 is 14.6 Å². The van der Waals surface area contributed by atoms with E-state index in [9.17, 15) is 4.79 Å². The quantitative estimate of drug-likeness (QED) is 0.464. The molecule has 0 saturated carbocycles. The van der Waals surface area contributed by atoms with Crippen LogP contribution in [0, 0.1) is 5.92 Å². The van der Waals surface area contributed by atoms with E-state index in [0.717, 1.165) is 25.8 Å². The summed E-state index contributed by atoms with van der Waals surface area (Å²) in [6.07, 6.45) is 2.69. The van der Waals surface area contributed by atoms with E-state index in [0.29, 0.717) is 12.5 Å². The van der Waals surface area contributed by atoms with E-state index in [4.69, 9.17) is 9.84 Å². The Morgan fingerprint density at radius 2 is 2.12 bits per heavy atom. The van der Waals surface area contributed by atoms with Gasteiger partial charge >= 0.3 is 5.97 Å². The van der Waals surface area contributed by atoms with Crippen molar-refractivity contribution in [3.8, 4) is 0 Å². The first-order valence-electron chi connectivity index (χ1n) is 6.16. The first kappa shape index (κ1) is 15.4. The second-order valence-electron chi connectivity index (χ2n) is 4.10. The Bertz CT molecular complexity index is 185. The van der Waals surface area contributed by atoms with E-state index in [1.807, 2.05) is 20.8 Å². The lowest BCUT2D eigenvalue weighted by Gasteiger charge is -2.15. The fraction of sp³-hybridized carbons (Fsp3) is 0.917. The molecule has 0 fully saturated rings. The molecule has 4 nitrogen and oxygen atoms in total. The molecule has 2 unspecified atom stereocenters. The summed E-state index contributed by atoms with van der Waals surface area (Å²) in [6.45, 7) is 7.25. The fourth-order valence-electron chi connectivity index (χ4n) is 1.46. The maximum Gasteiger partial charge on any atom is 0.323 e. The third kappa shape index (κ3) is 6.80. The van der Waals surface area contributed by atoms with Crippen molar-refractivity contribution in [1.82, 2.24) is 5.32 Å². The molecule has 16 heavy (non-hydrogen) atoms. The molecule has 2 atom stereocenters. The molecule has 0 bridgehead atoms. The lowest BCUT2D eigenvalue weighted by Crippen LogP contribution is -2.38. The van der Waals surface area contributed by atoms with Gasteiger partial charge in [0.25, 0.3) is 0 Å². The summed E-state index contributed by atoms with van der Waals surface area (Å²) < 4.78 is 4.95. The zero-order valence-corrected chi connectivity index (χ0v) is 10.7. The van der Waals surface area contributed by atoms with Gasteiger partial charge in [0.05, 0.1) is 6.61 Å². The monoisotopic (exact) mass is 231 g/mol. The molecule has 0 spiro atoms. The van der Waals surface area contributed by atoms with Crippen LogP contribution >= 0.6 is 0 Å². The van der Waals surface area contributed by atoms with Crippen LogP contribution in [0.2, 0.25) is 0 Å². The average Bonchev–Trinajstić information content (AvgIpc) is 2.29. The van der Waals surface area contributed by atoms with Crippen LogP contribution in [0.5, 0.6) is 0 Å². The molecule has 0 radical (unpaired) electrons. The second kappa shape index (κ2) is 9.60. The Hall–Kier alpha value is -0.610. The average molecular weight is 231 g/mol. The highest BCUT2D eigenvalue weighted by atomic mass is 16.5. The minimum atomic E-state index is -0.190. The SMILES string of the molecule is CCOC(=O)C(CC)NCCCC(C)CO. The van der Waals surface area contributed by atoms with Crippen LogP contribution in [0.1, 0.15) is 40.0 Å². The molecule has 4 heteroatoms. The van der Waals surface area contributed by atoms with Crippen molar-refractivity contribution in [1.29, 1.82) is 0 Å². The van der Waals surface area contributed by atoms with Crippen LogP contribution in [0.3, 0.4) is 0 Å². The van der Waals surface area contributed by atoms with Gasteiger partial charge < -0.3 is 15.2 Å². The van der Waals surface area contributed by atoms with Crippen LogP contribution in [0.4, 0.5) is 0 Å². The summed E-state index contributed by atoms with van der Waals surface area (Å²) in [7, 11) is 0. The van der Waals surface area contributed by atoms with E-state index < -0.39 is 0 Å². The van der Waals surface area contributed by atoms with Crippen LogP contribution < -0.4 is 5.32 Å². The molecule has 0 aromatic rings.